The predicted octanol–water partition coefficient (Wildman–Crippen LogP) is 3.62. The molecule has 0 spiro atoms. The average molecular weight is 249 g/mol. The second-order valence-corrected chi connectivity index (χ2v) is 3.94. The van der Waals surface area contributed by atoms with Gasteiger partial charge in [-0.1, -0.05) is 41.9 Å². The van der Waals surface area contributed by atoms with Gasteiger partial charge in [0.15, 0.2) is 0 Å². The van der Waals surface area contributed by atoms with Gasteiger partial charge in [0.05, 0.1) is 10.5 Å². The Kier molecular flexibility index (Phi) is 3.06. The van der Waals surface area contributed by atoms with E-state index in [0.29, 0.717) is 11.3 Å². The minimum absolute atomic E-state index is 0.000556. The minimum atomic E-state index is -0.430. The maximum atomic E-state index is 11.0. The number of aryl methyl sites for hydroxylation is 1. The Hall–Kier alpha value is -1.94. The van der Waals surface area contributed by atoms with E-state index in [1.807, 2.05) is 18.2 Å². The van der Waals surface area contributed by atoms with Gasteiger partial charge in [-0.05, 0) is 18.6 Å². The van der Waals surface area contributed by atoms with Gasteiger partial charge < -0.3 is 0 Å². The van der Waals surface area contributed by atoms with Crippen LogP contribution in [-0.4, -0.2) is 9.91 Å². The summed E-state index contributed by atoms with van der Waals surface area (Å²) in [5, 5.41) is 11.3. The van der Waals surface area contributed by atoms with E-state index in [9.17, 15) is 10.1 Å². The van der Waals surface area contributed by atoms with Crippen molar-refractivity contribution in [2.45, 2.75) is 6.92 Å². The van der Waals surface area contributed by atoms with E-state index in [0.717, 1.165) is 5.56 Å². The summed E-state index contributed by atoms with van der Waals surface area (Å²) in [5.74, 6) is 0. The van der Waals surface area contributed by atoms with E-state index >= 15 is 0 Å². The van der Waals surface area contributed by atoms with Crippen LogP contribution in [0.2, 0.25) is 5.15 Å². The van der Waals surface area contributed by atoms with Crippen LogP contribution in [0.25, 0.3) is 11.1 Å². The first-order valence-electron chi connectivity index (χ1n) is 4.96. The molecule has 1 aromatic heterocycles. The first-order valence-corrected chi connectivity index (χ1v) is 5.34. The van der Waals surface area contributed by atoms with Crippen LogP contribution in [0.3, 0.4) is 0 Å². The SMILES string of the molecule is Cc1nc(Cl)cc(-c2ccccc2)c1[N+](=O)[O-]. The summed E-state index contributed by atoms with van der Waals surface area (Å²) in [6.07, 6.45) is 0. The highest BCUT2D eigenvalue weighted by Crippen LogP contribution is 2.33. The summed E-state index contributed by atoms with van der Waals surface area (Å²) in [5.41, 5.74) is 1.57. The summed E-state index contributed by atoms with van der Waals surface area (Å²) < 4.78 is 0. The molecule has 2 rings (SSSR count). The zero-order valence-electron chi connectivity index (χ0n) is 9.05. The first-order chi connectivity index (χ1) is 8.09. The normalized spacial score (nSPS) is 10.2. The zero-order valence-corrected chi connectivity index (χ0v) is 9.81. The molecule has 4 nitrogen and oxygen atoms in total. The van der Waals surface area contributed by atoms with E-state index in [1.165, 1.54) is 6.07 Å². The number of halogens is 1. The molecule has 0 unspecified atom stereocenters. The van der Waals surface area contributed by atoms with Gasteiger partial charge in [0.25, 0.3) is 5.69 Å². The van der Waals surface area contributed by atoms with E-state index in [2.05, 4.69) is 4.98 Å². The molecule has 2 aromatic rings. The molecule has 86 valence electrons. The fourth-order valence-corrected chi connectivity index (χ4v) is 1.93. The largest absolute Gasteiger partial charge is 0.298 e. The number of nitro groups is 1. The van der Waals surface area contributed by atoms with Gasteiger partial charge in [0.2, 0.25) is 0 Å². The standard InChI is InChI=1S/C12H9ClN2O2/c1-8-12(15(16)17)10(7-11(13)14-8)9-5-3-2-4-6-9/h2-7H,1H3. The molecule has 1 aromatic carbocycles. The molecular weight excluding hydrogens is 240 g/mol. The number of hydrogen-bond acceptors (Lipinski definition) is 3. The highest BCUT2D eigenvalue weighted by Gasteiger charge is 2.20. The van der Waals surface area contributed by atoms with Crippen LogP contribution in [0.4, 0.5) is 5.69 Å². The van der Waals surface area contributed by atoms with Crippen molar-refractivity contribution in [3.05, 3.63) is 57.4 Å². The number of pyridine rings is 1. The van der Waals surface area contributed by atoms with Gasteiger partial charge in [-0.25, -0.2) is 4.98 Å². The molecule has 0 bridgehead atoms. The molecule has 0 atom stereocenters. The van der Waals surface area contributed by atoms with Crippen molar-refractivity contribution in [3.63, 3.8) is 0 Å². The lowest BCUT2D eigenvalue weighted by Gasteiger charge is -2.05. The van der Waals surface area contributed by atoms with Gasteiger partial charge in [0.1, 0.15) is 10.8 Å². The van der Waals surface area contributed by atoms with Crippen LogP contribution in [0.1, 0.15) is 5.69 Å². The fourth-order valence-electron chi connectivity index (χ4n) is 1.70. The Labute approximate surface area is 103 Å². The molecule has 5 heteroatoms. The Balaban J connectivity index is 2.72. The highest BCUT2D eigenvalue weighted by molar-refractivity contribution is 6.29. The zero-order chi connectivity index (χ0) is 12.4. The second kappa shape index (κ2) is 4.51. The van der Waals surface area contributed by atoms with Gasteiger partial charge in [-0.15, -0.1) is 0 Å². The lowest BCUT2D eigenvalue weighted by molar-refractivity contribution is -0.385. The van der Waals surface area contributed by atoms with E-state index in [4.69, 9.17) is 11.6 Å². The van der Waals surface area contributed by atoms with E-state index in [1.54, 1.807) is 19.1 Å². The second-order valence-electron chi connectivity index (χ2n) is 3.55. The van der Waals surface area contributed by atoms with Crippen LogP contribution >= 0.6 is 11.6 Å². The van der Waals surface area contributed by atoms with Crippen LogP contribution < -0.4 is 0 Å². The van der Waals surface area contributed by atoms with Gasteiger partial charge in [-0.2, -0.15) is 0 Å². The fraction of sp³-hybridized carbons (Fsp3) is 0.0833. The number of aromatic nitrogens is 1. The number of rotatable bonds is 2. The van der Waals surface area contributed by atoms with Crippen molar-refractivity contribution in [2.75, 3.05) is 0 Å². The third-order valence-electron chi connectivity index (χ3n) is 2.40. The third kappa shape index (κ3) is 2.26. The van der Waals surface area contributed by atoms with Crippen LogP contribution in [0.15, 0.2) is 36.4 Å². The maximum absolute atomic E-state index is 11.0. The quantitative estimate of drug-likeness (QED) is 0.463. The Morgan fingerprint density at radius 2 is 1.94 bits per heavy atom. The Bertz CT molecular complexity index is 570. The molecule has 0 saturated carbocycles. The molecular formula is C12H9ClN2O2. The molecule has 0 aliphatic carbocycles. The highest BCUT2D eigenvalue weighted by atomic mass is 35.5. The maximum Gasteiger partial charge on any atom is 0.298 e. The number of benzene rings is 1. The Morgan fingerprint density at radius 3 is 2.53 bits per heavy atom. The summed E-state index contributed by atoms with van der Waals surface area (Å²) >= 11 is 5.84. The lowest BCUT2D eigenvalue weighted by Crippen LogP contribution is -1.98. The van der Waals surface area contributed by atoms with Crippen molar-refractivity contribution in [2.24, 2.45) is 0 Å². The topological polar surface area (TPSA) is 56.0 Å². The van der Waals surface area contributed by atoms with E-state index in [-0.39, 0.29) is 10.8 Å². The van der Waals surface area contributed by atoms with Crippen molar-refractivity contribution in [1.82, 2.24) is 4.98 Å². The molecule has 0 amide bonds. The first kappa shape index (κ1) is 11.5. The van der Waals surface area contributed by atoms with Crippen LogP contribution in [-0.2, 0) is 0 Å². The summed E-state index contributed by atoms with van der Waals surface area (Å²) in [4.78, 5) is 14.5. The van der Waals surface area contributed by atoms with Crippen molar-refractivity contribution < 1.29 is 4.92 Å². The molecule has 0 saturated heterocycles. The molecule has 0 aliphatic heterocycles. The van der Waals surface area contributed by atoms with Crippen molar-refractivity contribution in [1.29, 1.82) is 0 Å². The monoisotopic (exact) mass is 248 g/mol. The van der Waals surface area contributed by atoms with Gasteiger partial charge in [0, 0.05) is 0 Å². The molecule has 0 fully saturated rings. The number of nitrogens with zero attached hydrogens (tertiary/aromatic N) is 2. The minimum Gasteiger partial charge on any atom is -0.258 e. The van der Waals surface area contributed by atoms with Gasteiger partial charge >= 0.3 is 0 Å². The summed E-state index contributed by atoms with van der Waals surface area (Å²) in [7, 11) is 0. The summed E-state index contributed by atoms with van der Waals surface area (Å²) in [6, 6.07) is 10.6. The van der Waals surface area contributed by atoms with Gasteiger partial charge in [-0.3, -0.25) is 10.1 Å². The third-order valence-corrected chi connectivity index (χ3v) is 2.60. The van der Waals surface area contributed by atoms with E-state index < -0.39 is 4.92 Å². The smallest absolute Gasteiger partial charge is 0.258 e. The summed E-state index contributed by atoms with van der Waals surface area (Å²) in [6.45, 7) is 1.58. The molecule has 0 radical (unpaired) electrons. The van der Waals surface area contributed by atoms with Crippen LogP contribution in [0.5, 0.6) is 0 Å². The number of hydrogen-bond donors (Lipinski definition) is 0. The molecule has 1 heterocycles. The Morgan fingerprint density at radius 1 is 1.29 bits per heavy atom. The predicted molar refractivity (Wildman–Crippen MR) is 66.1 cm³/mol. The molecule has 17 heavy (non-hydrogen) atoms. The van der Waals surface area contributed by atoms with Crippen LogP contribution in [0, 0.1) is 17.0 Å². The van der Waals surface area contributed by atoms with Crippen molar-refractivity contribution >= 4 is 17.3 Å². The molecule has 0 aliphatic rings. The average Bonchev–Trinajstić information content (AvgIpc) is 2.28. The molecule has 0 N–H and O–H groups in total. The lowest BCUT2D eigenvalue weighted by atomic mass is 10.0. The van der Waals surface area contributed by atoms with Crippen molar-refractivity contribution in [3.8, 4) is 11.1 Å².